The average Bonchev–Trinajstić information content (AvgIpc) is 1.94. The van der Waals surface area contributed by atoms with Crippen LogP contribution in [0.5, 0.6) is 0 Å². The van der Waals surface area contributed by atoms with E-state index in [0.717, 1.165) is 12.8 Å². The first-order valence-electron chi connectivity index (χ1n) is 3.88. The number of ether oxygens (including phenoxy) is 1. The molecule has 0 saturated heterocycles. The minimum absolute atomic E-state index is 0.0292. The molecule has 6 heteroatoms. The van der Waals surface area contributed by atoms with Crippen LogP contribution in [-0.2, 0) is 4.74 Å². The van der Waals surface area contributed by atoms with Gasteiger partial charge in [-0.1, -0.05) is 34.8 Å². The van der Waals surface area contributed by atoms with Crippen molar-refractivity contribution in [1.82, 2.24) is 0 Å². The molecule has 2 nitrogen and oxygen atoms in total. The molecule has 0 aliphatic heterocycles. The largest absolute Gasteiger partial charge is 0.368 e. The second kappa shape index (κ2) is 7.38. The van der Waals surface area contributed by atoms with Crippen molar-refractivity contribution >= 4 is 46.4 Å². The van der Waals surface area contributed by atoms with Crippen LogP contribution < -0.4 is 0 Å². The summed E-state index contributed by atoms with van der Waals surface area (Å²) in [5.74, 6) is 0.587. The van der Waals surface area contributed by atoms with E-state index in [1.54, 1.807) is 0 Å². The van der Waals surface area contributed by atoms with Gasteiger partial charge < -0.3 is 9.84 Å². The van der Waals surface area contributed by atoms with Gasteiger partial charge in [-0.2, -0.15) is 0 Å². The molecule has 1 atom stereocenters. The third kappa shape index (κ3) is 11.0. The summed E-state index contributed by atoms with van der Waals surface area (Å²) in [6.07, 6.45) is 0.587. The van der Waals surface area contributed by atoms with Crippen molar-refractivity contribution in [2.24, 2.45) is 0 Å². The Balaban J connectivity index is 3.35. The lowest BCUT2D eigenvalue weighted by Gasteiger charge is -2.16. The molecule has 13 heavy (non-hydrogen) atoms. The molecule has 0 amide bonds. The molecule has 0 aromatic carbocycles. The van der Waals surface area contributed by atoms with Gasteiger partial charge in [0, 0.05) is 18.9 Å². The molecule has 0 bridgehead atoms. The van der Waals surface area contributed by atoms with Crippen molar-refractivity contribution in [3.05, 3.63) is 0 Å². The Kier molecular flexibility index (Phi) is 8.00. The van der Waals surface area contributed by atoms with Crippen LogP contribution in [-0.4, -0.2) is 27.7 Å². The maximum absolute atomic E-state index is 9.18. The molecule has 0 fully saturated rings. The van der Waals surface area contributed by atoms with Gasteiger partial charge in [-0.25, -0.2) is 0 Å². The van der Waals surface area contributed by atoms with Gasteiger partial charge in [0.15, 0.2) is 10.1 Å². The Labute approximate surface area is 98.0 Å². The second-order valence-corrected chi connectivity index (χ2v) is 5.43. The number of aliphatic hydroxyl groups excluding tert-OH is 1. The SMILES string of the molecule is OC(CC(Cl)(Cl)Cl)OCCCCCl. The summed E-state index contributed by atoms with van der Waals surface area (Å²) in [4.78, 5) is 0. The number of unbranched alkanes of at least 4 members (excludes halogenated alkanes) is 1. The summed E-state index contributed by atoms with van der Waals surface area (Å²) < 4.78 is 3.50. The third-order valence-electron chi connectivity index (χ3n) is 1.24. The molecule has 0 aromatic heterocycles. The van der Waals surface area contributed by atoms with Gasteiger partial charge in [0.2, 0.25) is 0 Å². The zero-order chi connectivity index (χ0) is 10.3. The number of hydrogen-bond acceptors (Lipinski definition) is 2. The lowest BCUT2D eigenvalue weighted by Crippen LogP contribution is -2.20. The predicted molar refractivity (Wildman–Crippen MR) is 56.8 cm³/mol. The van der Waals surface area contributed by atoms with Gasteiger partial charge in [0.1, 0.15) is 0 Å². The molecule has 0 aliphatic rings. The Hall–Kier alpha value is 1.08. The summed E-state index contributed by atoms with van der Waals surface area (Å²) >= 11 is 21.8. The Bertz CT molecular complexity index is 126. The van der Waals surface area contributed by atoms with E-state index in [-0.39, 0.29) is 6.42 Å². The fraction of sp³-hybridized carbons (Fsp3) is 1.00. The fourth-order valence-electron chi connectivity index (χ4n) is 0.673. The van der Waals surface area contributed by atoms with E-state index in [1.165, 1.54) is 0 Å². The van der Waals surface area contributed by atoms with Crippen LogP contribution >= 0.6 is 46.4 Å². The summed E-state index contributed by atoms with van der Waals surface area (Å²) in [7, 11) is 0. The zero-order valence-electron chi connectivity index (χ0n) is 6.98. The Morgan fingerprint density at radius 3 is 2.31 bits per heavy atom. The number of aliphatic hydroxyl groups is 1. The molecular formula is C7H12Cl4O2. The van der Waals surface area contributed by atoms with E-state index in [1.807, 2.05) is 0 Å². The first-order chi connectivity index (χ1) is 5.95. The predicted octanol–water partition coefficient (Wildman–Crippen LogP) is 3.10. The molecule has 0 saturated carbocycles. The van der Waals surface area contributed by atoms with E-state index in [9.17, 15) is 5.11 Å². The summed E-state index contributed by atoms with van der Waals surface area (Å²) in [5, 5.41) is 9.18. The average molecular weight is 270 g/mol. The van der Waals surface area contributed by atoms with Crippen molar-refractivity contribution in [3.63, 3.8) is 0 Å². The molecule has 0 aromatic rings. The van der Waals surface area contributed by atoms with Crippen molar-refractivity contribution in [2.75, 3.05) is 12.5 Å². The smallest absolute Gasteiger partial charge is 0.195 e. The van der Waals surface area contributed by atoms with E-state index < -0.39 is 10.1 Å². The van der Waals surface area contributed by atoms with Gasteiger partial charge in [0.05, 0.1) is 0 Å². The van der Waals surface area contributed by atoms with Gasteiger partial charge in [0.25, 0.3) is 0 Å². The minimum Gasteiger partial charge on any atom is -0.368 e. The topological polar surface area (TPSA) is 29.5 Å². The van der Waals surface area contributed by atoms with Crippen LogP contribution in [0.1, 0.15) is 19.3 Å². The highest BCUT2D eigenvalue weighted by Gasteiger charge is 2.24. The summed E-state index contributed by atoms with van der Waals surface area (Å²) in [6, 6.07) is 0. The molecule has 1 unspecified atom stereocenters. The molecule has 0 rings (SSSR count). The van der Waals surface area contributed by atoms with Crippen LogP contribution in [0.15, 0.2) is 0 Å². The number of hydrogen-bond donors (Lipinski definition) is 1. The standard InChI is InChI=1S/C7H12Cl4O2/c8-3-1-2-4-13-6(12)5-7(9,10)11/h6,12H,1-5H2. The van der Waals surface area contributed by atoms with E-state index >= 15 is 0 Å². The third-order valence-corrected chi connectivity index (χ3v) is 1.97. The van der Waals surface area contributed by atoms with Crippen molar-refractivity contribution < 1.29 is 9.84 Å². The maximum atomic E-state index is 9.18. The number of halogens is 4. The first kappa shape index (κ1) is 14.1. The van der Waals surface area contributed by atoms with Gasteiger partial charge >= 0.3 is 0 Å². The molecule has 0 heterocycles. The van der Waals surface area contributed by atoms with Gasteiger partial charge in [-0.05, 0) is 12.8 Å². The first-order valence-corrected chi connectivity index (χ1v) is 5.55. The minimum atomic E-state index is -1.47. The van der Waals surface area contributed by atoms with Gasteiger partial charge in [-0.3, -0.25) is 0 Å². The summed E-state index contributed by atoms with van der Waals surface area (Å²) in [5.41, 5.74) is 0. The Morgan fingerprint density at radius 1 is 1.23 bits per heavy atom. The molecule has 0 spiro atoms. The van der Waals surface area contributed by atoms with Crippen LogP contribution in [0.4, 0.5) is 0 Å². The Morgan fingerprint density at radius 2 is 1.85 bits per heavy atom. The fourth-order valence-corrected chi connectivity index (χ4v) is 1.26. The maximum Gasteiger partial charge on any atom is 0.195 e. The quantitative estimate of drug-likeness (QED) is 0.456. The van der Waals surface area contributed by atoms with Crippen molar-refractivity contribution in [3.8, 4) is 0 Å². The van der Waals surface area contributed by atoms with Crippen LogP contribution in [0, 0.1) is 0 Å². The van der Waals surface area contributed by atoms with E-state index in [2.05, 4.69) is 0 Å². The molecule has 0 aliphatic carbocycles. The zero-order valence-corrected chi connectivity index (χ0v) is 10.0. The normalized spacial score (nSPS) is 14.5. The second-order valence-electron chi connectivity index (χ2n) is 2.54. The summed E-state index contributed by atoms with van der Waals surface area (Å²) in [6.45, 7) is 0.425. The molecule has 80 valence electrons. The van der Waals surface area contributed by atoms with Crippen molar-refractivity contribution in [1.29, 1.82) is 0 Å². The van der Waals surface area contributed by atoms with Crippen LogP contribution in [0.3, 0.4) is 0 Å². The van der Waals surface area contributed by atoms with Crippen LogP contribution in [0.25, 0.3) is 0 Å². The highest BCUT2D eigenvalue weighted by molar-refractivity contribution is 6.67. The van der Waals surface area contributed by atoms with E-state index in [4.69, 9.17) is 51.1 Å². The monoisotopic (exact) mass is 268 g/mol. The lowest BCUT2D eigenvalue weighted by atomic mass is 10.3. The van der Waals surface area contributed by atoms with E-state index in [0.29, 0.717) is 12.5 Å². The van der Waals surface area contributed by atoms with Crippen LogP contribution in [0.2, 0.25) is 0 Å². The number of rotatable bonds is 6. The number of alkyl halides is 4. The highest BCUT2D eigenvalue weighted by Crippen LogP contribution is 2.31. The van der Waals surface area contributed by atoms with Crippen molar-refractivity contribution in [2.45, 2.75) is 29.3 Å². The lowest BCUT2D eigenvalue weighted by molar-refractivity contribution is -0.103. The molecule has 0 radical (unpaired) electrons. The highest BCUT2D eigenvalue weighted by atomic mass is 35.6. The molecular weight excluding hydrogens is 258 g/mol. The molecule has 1 N–H and O–H groups in total. The van der Waals surface area contributed by atoms with Gasteiger partial charge in [-0.15, -0.1) is 11.6 Å².